The van der Waals surface area contributed by atoms with Gasteiger partial charge >= 0.3 is 5.97 Å². The summed E-state index contributed by atoms with van der Waals surface area (Å²) in [7, 11) is 1.35. The van der Waals surface area contributed by atoms with Crippen LogP contribution in [0.15, 0.2) is 42.5 Å². The molecule has 0 spiro atoms. The average Bonchev–Trinajstić information content (AvgIpc) is 2.46. The fraction of sp³-hybridized carbons (Fsp3) is 0.200. The molecule has 0 unspecified atom stereocenters. The summed E-state index contributed by atoms with van der Waals surface area (Å²) < 4.78 is 4.54. The lowest BCUT2D eigenvalue weighted by atomic mass is 10.1. The SMILES string of the molecule is COC(=O)CCSC(=O)c1cccc2ccccc12. The van der Waals surface area contributed by atoms with Gasteiger partial charge in [0, 0.05) is 11.3 Å². The van der Waals surface area contributed by atoms with Gasteiger partial charge in [0.15, 0.2) is 0 Å². The molecule has 0 aliphatic rings. The number of ether oxygens (including phenoxy) is 1. The van der Waals surface area contributed by atoms with E-state index in [0.717, 1.165) is 22.5 Å². The lowest BCUT2D eigenvalue weighted by Crippen LogP contribution is -2.03. The summed E-state index contributed by atoms with van der Waals surface area (Å²) in [5.74, 6) is 0.146. The molecule has 2 aromatic carbocycles. The summed E-state index contributed by atoms with van der Waals surface area (Å²) in [4.78, 5) is 23.1. The zero-order valence-electron chi connectivity index (χ0n) is 10.6. The quantitative estimate of drug-likeness (QED) is 0.802. The van der Waals surface area contributed by atoms with Crippen molar-refractivity contribution in [1.82, 2.24) is 0 Å². The molecule has 98 valence electrons. The van der Waals surface area contributed by atoms with E-state index in [9.17, 15) is 9.59 Å². The third-order valence-electron chi connectivity index (χ3n) is 2.78. The molecule has 4 heteroatoms. The van der Waals surface area contributed by atoms with Gasteiger partial charge in [0.1, 0.15) is 0 Å². The van der Waals surface area contributed by atoms with Crippen molar-refractivity contribution < 1.29 is 14.3 Å². The van der Waals surface area contributed by atoms with Crippen molar-refractivity contribution in [1.29, 1.82) is 0 Å². The standard InChI is InChI=1S/C15H14O3S/c1-18-14(16)9-10-19-15(17)13-8-4-6-11-5-2-3-7-12(11)13/h2-8H,9-10H2,1H3. The van der Waals surface area contributed by atoms with E-state index in [0.29, 0.717) is 11.3 Å². The van der Waals surface area contributed by atoms with Crippen LogP contribution in [0.1, 0.15) is 16.8 Å². The molecule has 0 saturated heterocycles. The lowest BCUT2D eigenvalue weighted by Gasteiger charge is -2.05. The molecule has 0 atom stereocenters. The van der Waals surface area contributed by atoms with Crippen molar-refractivity contribution >= 4 is 33.6 Å². The van der Waals surface area contributed by atoms with Crippen LogP contribution in [-0.2, 0) is 9.53 Å². The zero-order valence-corrected chi connectivity index (χ0v) is 11.4. The molecule has 0 amide bonds. The third kappa shape index (κ3) is 3.35. The van der Waals surface area contributed by atoms with Gasteiger partial charge in [-0.1, -0.05) is 48.2 Å². The number of hydrogen-bond donors (Lipinski definition) is 0. The van der Waals surface area contributed by atoms with Crippen LogP contribution in [0.4, 0.5) is 0 Å². The highest BCUT2D eigenvalue weighted by molar-refractivity contribution is 8.14. The van der Waals surface area contributed by atoms with Crippen molar-refractivity contribution in [2.75, 3.05) is 12.9 Å². The van der Waals surface area contributed by atoms with Gasteiger partial charge in [-0.25, -0.2) is 0 Å². The van der Waals surface area contributed by atoms with Gasteiger partial charge in [-0.2, -0.15) is 0 Å². The molecule has 0 fully saturated rings. The Morgan fingerprint density at radius 2 is 1.84 bits per heavy atom. The number of esters is 1. The van der Waals surface area contributed by atoms with Crippen molar-refractivity contribution in [2.45, 2.75) is 6.42 Å². The highest BCUT2D eigenvalue weighted by Gasteiger charge is 2.11. The van der Waals surface area contributed by atoms with Gasteiger partial charge in [0.2, 0.25) is 5.12 Å². The Bertz CT molecular complexity index is 602. The summed E-state index contributed by atoms with van der Waals surface area (Å²) in [6.45, 7) is 0. The van der Waals surface area contributed by atoms with E-state index in [1.807, 2.05) is 42.5 Å². The average molecular weight is 274 g/mol. The first kappa shape index (κ1) is 13.6. The summed E-state index contributed by atoms with van der Waals surface area (Å²) >= 11 is 1.15. The number of rotatable bonds is 4. The summed E-state index contributed by atoms with van der Waals surface area (Å²) in [6.07, 6.45) is 0.248. The first-order valence-corrected chi connectivity index (χ1v) is 6.92. The Balaban J connectivity index is 2.11. The smallest absolute Gasteiger partial charge is 0.306 e. The van der Waals surface area contributed by atoms with E-state index in [1.165, 1.54) is 7.11 Å². The summed E-state index contributed by atoms with van der Waals surface area (Å²) in [5.41, 5.74) is 0.688. The monoisotopic (exact) mass is 274 g/mol. The fourth-order valence-electron chi connectivity index (χ4n) is 1.81. The highest BCUT2D eigenvalue weighted by Crippen LogP contribution is 2.23. The second-order valence-electron chi connectivity index (χ2n) is 3.99. The molecule has 0 aliphatic heterocycles. The maximum atomic E-state index is 12.1. The van der Waals surface area contributed by atoms with E-state index in [1.54, 1.807) is 0 Å². The molecule has 0 N–H and O–H groups in total. The van der Waals surface area contributed by atoms with Crippen LogP contribution in [-0.4, -0.2) is 23.9 Å². The molecule has 0 radical (unpaired) electrons. The van der Waals surface area contributed by atoms with Gasteiger partial charge in [-0.05, 0) is 16.8 Å². The molecule has 0 aromatic heterocycles. The largest absolute Gasteiger partial charge is 0.469 e. The van der Waals surface area contributed by atoms with Crippen molar-refractivity contribution in [3.8, 4) is 0 Å². The summed E-state index contributed by atoms with van der Waals surface area (Å²) in [5, 5.41) is 1.98. The second-order valence-corrected chi connectivity index (χ2v) is 5.06. The Kier molecular flexibility index (Phi) is 4.58. The maximum absolute atomic E-state index is 12.1. The topological polar surface area (TPSA) is 43.4 Å². The number of fused-ring (bicyclic) bond motifs is 1. The number of methoxy groups -OCH3 is 1. The van der Waals surface area contributed by atoms with Crippen molar-refractivity contribution in [2.24, 2.45) is 0 Å². The van der Waals surface area contributed by atoms with E-state index in [2.05, 4.69) is 4.74 Å². The zero-order chi connectivity index (χ0) is 13.7. The Morgan fingerprint density at radius 3 is 2.63 bits per heavy atom. The molecule has 0 heterocycles. The van der Waals surface area contributed by atoms with Crippen LogP contribution in [0.3, 0.4) is 0 Å². The van der Waals surface area contributed by atoms with Gasteiger partial charge in [-0.15, -0.1) is 0 Å². The Morgan fingerprint density at radius 1 is 1.11 bits per heavy atom. The van der Waals surface area contributed by atoms with Crippen LogP contribution in [0.25, 0.3) is 10.8 Å². The van der Waals surface area contributed by atoms with Crippen LogP contribution in [0, 0.1) is 0 Å². The molecule has 2 aromatic rings. The minimum atomic E-state index is -0.293. The fourth-order valence-corrected chi connectivity index (χ4v) is 2.60. The number of thioether (sulfide) groups is 1. The highest BCUT2D eigenvalue weighted by atomic mass is 32.2. The van der Waals surface area contributed by atoms with Gasteiger partial charge in [0.25, 0.3) is 0 Å². The van der Waals surface area contributed by atoms with E-state index >= 15 is 0 Å². The van der Waals surface area contributed by atoms with Gasteiger partial charge in [0.05, 0.1) is 13.5 Å². The van der Waals surface area contributed by atoms with Crippen LogP contribution in [0.5, 0.6) is 0 Å². The second kappa shape index (κ2) is 6.38. The molecule has 0 bridgehead atoms. The lowest BCUT2D eigenvalue weighted by molar-refractivity contribution is -0.140. The van der Waals surface area contributed by atoms with Crippen LogP contribution >= 0.6 is 11.8 Å². The molecule has 3 nitrogen and oxygen atoms in total. The van der Waals surface area contributed by atoms with Crippen molar-refractivity contribution in [3.63, 3.8) is 0 Å². The molecule has 2 rings (SSSR count). The Hall–Kier alpha value is -1.81. The first-order valence-electron chi connectivity index (χ1n) is 5.94. The number of carbonyl (C=O) groups is 2. The minimum absolute atomic E-state index is 0.0132. The maximum Gasteiger partial charge on any atom is 0.306 e. The number of benzene rings is 2. The first-order chi connectivity index (χ1) is 9.22. The molecule has 19 heavy (non-hydrogen) atoms. The van der Waals surface area contributed by atoms with Crippen molar-refractivity contribution in [3.05, 3.63) is 48.0 Å². The number of hydrogen-bond acceptors (Lipinski definition) is 4. The molecule has 0 aliphatic carbocycles. The molecule has 0 saturated carbocycles. The summed E-state index contributed by atoms with van der Waals surface area (Å²) in [6, 6.07) is 13.4. The van der Waals surface area contributed by atoms with Crippen LogP contribution < -0.4 is 0 Å². The predicted molar refractivity (Wildman–Crippen MR) is 77.4 cm³/mol. The molecular formula is C15H14O3S. The Labute approximate surface area is 115 Å². The third-order valence-corrected chi connectivity index (χ3v) is 3.67. The van der Waals surface area contributed by atoms with E-state index in [4.69, 9.17) is 0 Å². The minimum Gasteiger partial charge on any atom is -0.469 e. The van der Waals surface area contributed by atoms with E-state index < -0.39 is 0 Å². The predicted octanol–water partition coefficient (Wildman–Crippen LogP) is 3.28. The normalized spacial score (nSPS) is 10.4. The van der Waals surface area contributed by atoms with Gasteiger partial charge in [-0.3, -0.25) is 9.59 Å². The van der Waals surface area contributed by atoms with Gasteiger partial charge < -0.3 is 4.74 Å². The van der Waals surface area contributed by atoms with E-state index in [-0.39, 0.29) is 17.5 Å². The van der Waals surface area contributed by atoms with Crippen LogP contribution in [0.2, 0.25) is 0 Å². The molecular weight excluding hydrogens is 260 g/mol. The number of carbonyl (C=O) groups excluding carboxylic acids is 2.